The van der Waals surface area contributed by atoms with Gasteiger partial charge in [0.2, 0.25) is 21.8 Å². The molecule has 210 valence electrons. The number of benzene rings is 2. The van der Waals surface area contributed by atoms with Crippen molar-refractivity contribution in [1.29, 1.82) is 0 Å². The van der Waals surface area contributed by atoms with E-state index >= 15 is 0 Å². The largest absolute Gasteiger partial charge is 0.354 e. The minimum atomic E-state index is -3.80. The van der Waals surface area contributed by atoms with Gasteiger partial charge in [0.15, 0.2) is 0 Å². The lowest BCUT2D eigenvalue weighted by Crippen LogP contribution is -2.52. The summed E-state index contributed by atoms with van der Waals surface area (Å²) in [4.78, 5) is 28.3. The Bertz CT molecular complexity index is 1210. The van der Waals surface area contributed by atoms with Gasteiger partial charge in [-0.3, -0.25) is 13.9 Å². The van der Waals surface area contributed by atoms with Crippen LogP contribution in [0, 0.1) is 0 Å². The van der Waals surface area contributed by atoms with Gasteiger partial charge in [0, 0.05) is 13.1 Å². The van der Waals surface area contributed by atoms with Crippen molar-refractivity contribution in [2.24, 2.45) is 0 Å². The number of carbonyl (C=O) groups excluding carboxylic acids is 2. The van der Waals surface area contributed by atoms with Gasteiger partial charge in [0.05, 0.1) is 22.0 Å². The molecule has 0 spiro atoms. The number of nitrogens with zero attached hydrogens (tertiary/aromatic N) is 2. The Labute approximate surface area is 237 Å². The lowest BCUT2D eigenvalue weighted by molar-refractivity contribution is -0.140. The highest BCUT2D eigenvalue weighted by atomic mass is 35.5. The number of rotatable bonds is 12. The van der Waals surface area contributed by atoms with Crippen LogP contribution >= 0.6 is 23.2 Å². The lowest BCUT2D eigenvalue weighted by atomic mass is 9.87. The van der Waals surface area contributed by atoms with E-state index in [9.17, 15) is 18.0 Å². The molecule has 1 atom stereocenters. The van der Waals surface area contributed by atoms with Gasteiger partial charge in [0.25, 0.3) is 0 Å². The number of amides is 2. The van der Waals surface area contributed by atoms with Crippen LogP contribution in [0.15, 0.2) is 42.5 Å². The SMILES string of the molecule is CCCCNC(=O)C(CC)N(Cc1ccc(Cl)c(Cl)c1)C(=O)CN(c1ccc(C(C)(C)C)cc1)S(C)(=O)=O. The normalized spacial score (nSPS) is 12.6. The first-order valence-electron chi connectivity index (χ1n) is 12.8. The van der Waals surface area contributed by atoms with E-state index in [2.05, 4.69) is 26.1 Å². The third-order valence-electron chi connectivity index (χ3n) is 6.25. The number of sulfonamides is 1. The predicted molar refractivity (Wildman–Crippen MR) is 156 cm³/mol. The van der Waals surface area contributed by atoms with E-state index in [0.717, 1.165) is 29.0 Å². The maximum Gasteiger partial charge on any atom is 0.244 e. The molecule has 2 aromatic rings. The standard InChI is InChI=1S/C28H39Cl2N3O4S/c1-7-9-16-31-27(35)25(8-2)32(18-20-10-15-23(29)24(30)17-20)26(34)19-33(38(6,36)37)22-13-11-21(12-14-22)28(3,4)5/h10-15,17,25H,7-9,16,18-19H2,1-6H3,(H,31,35). The van der Waals surface area contributed by atoms with Crippen molar-refractivity contribution in [2.45, 2.75) is 71.9 Å². The van der Waals surface area contributed by atoms with Crippen LogP contribution in [0.5, 0.6) is 0 Å². The van der Waals surface area contributed by atoms with Crippen molar-refractivity contribution in [1.82, 2.24) is 10.2 Å². The maximum atomic E-state index is 13.8. The van der Waals surface area contributed by atoms with Crippen LogP contribution in [0.1, 0.15) is 65.0 Å². The van der Waals surface area contributed by atoms with Gasteiger partial charge in [-0.25, -0.2) is 8.42 Å². The zero-order chi connectivity index (χ0) is 28.7. The van der Waals surface area contributed by atoms with Gasteiger partial charge in [-0.2, -0.15) is 0 Å². The highest BCUT2D eigenvalue weighted by Crippen LogP contribution is 2.27. The van der Waals surface area contributed by atoms with Crippen molar-refractivity contribution >= 4 is 50.7 Å². The summed E-state index contributed by atoms with van der Waals surface area (Å²) in [5, 5.41) is 3.60. The second kappa shape index (κ2) is 13.7. The average molecular weight is 585 g/mol. The van der Waals surface area contributed by atoms with E-state index in [1.165, 1.54) is 4.90 Å². The Morgan fingerprint density at radius 1 is 1.00 bits per heavy atom. The Hall–Kier alpha value is -2.29. The summed E-state index contributed by atoms with van der Waals surface area (Å²) in [5.74, 6) is -0.784. The molecule has 7 nitrogen and oxygen atoms in total. The van der Waals surface area contributed by atoms with Crippen molar-refractivity contribution in [3.8, 4) is 0 Å². The van der Waals surface area contributed by atoms with Crippen LogP contribution in [0.3, 0.4) is 0 Å². The monoisotopic (exact) mass is 583 g/mol. The molecule has 2 aromatic carbocycles. The Morgan fingerprint density at radius 2 is 1.63 bits per heavy atom. The fourth-order valence-electron chi connectivity index (χ4n) is 4.00. The molecule has 0 bridgehead atoms. The number of hydrogen-bond donors (Lipinski definition) is 1. The van der Waals surface area contributed by atoms with Gasteiger partial charge in [-0.05, 0) is 53.6 Å². The third kappa shape index (κ3) is 8.89. The first-order valence-corrected chi connectivity index (χ1v) is 15.4. The van der Waals surface area contributed by atoms with Gasteiger partial charge in [-0.1, -0.05) is 82.4 Å². The van der Waals surface area contributed by atoms with Crippen molar-refractivity contribution < 1.29 is 18.0 Å². The molecular weight excluding hydrogens is 545 g/mol. The summed E-state index contributed by atoms with van der Waals surface area (Å²) < 4.78 is 26.7. The van der Waals surface area contributed by atoms with E-state index in [4.69, 9.17) is 23.2 Å². The van der Waals surface area contributed by atoms with E-state index in [1.807, 2.05) is 26.0 Å². The van der Waals surface area contributed by atoms with Gasteiger partial charge in [0.1, 0.15) is 12.6 Å². The summed E-state index contributed by atoms with van der Waals surface area (Å²) >= 11 is 12.3. The molecule has 10 heteroatoms. The summed E-state index contributed by atoms with van der Waals surface area (Å²) in [7, 11) is -3.80. The van der Waals surface area contributed by atoms with Gasteiger partial charge >= 0.3 is 0 Å². The topological polar surface area (TPSA) is 86.8 Å². The number of anilines is 1. The minimum Gasteiger partial charge on any atom is -0.354 e. The molecule has 0 aliphatic heterocycles. The first kappa shape index (κ1) is 31.9. The van der Waals surface area contributed by atoms with E-state index in [0.29, 0.717) is 34.3 Å². The Morgan fingerprint density at radius 3 is 2.13 bits per heavy atom. The Balaban J connectivity index is 2.44. The molecule has 0 radical (unpaired) electrons. The second-order valence-electron chi connectivity index (χ2n) is 10.4. The van der Waals surface area contributed by atoms with Gasteiger partial charge in [-0.15, -0.1) is 0 Å². The molecule has 0 aliphatic rings. The Kier molecular flexibility index (Phi) is 11.5. The summed E-state index contributed by atoms with van der Waals surface area (Å²) in [6.45, 7) is 10.2. The molecule has 2 amide bonds. The molecule has 0 aromatic heterocycles. The fraction of sp³-hybridized carbons (Fsp3) is 0.500. The number of unbranched alkanes of at least 4 members (excludes halogenated alkanes) is 1. The highest BCUT2D eigenvalue weighted by Gasteiger charge is 2.32. The number of nitrogens with one attached hydrogen (secondary N) is 1. The molecule has 38 heavy (non-hydrogen) atoms. The average Bonchev–Trinajstić information content (AvgIpc) is 2.83. The molecule has 0 heterocycles. The van der Waals surface area contributed by atoms with Crippen LogP contribution < -0.4 is 9.62 Å². The molecular formula is C28H39Cl2N3O4S. The van der Waals surface area contributed by atoms with E-state index in [1.54, 1.807) is 30.3 Å². The zero-order valence-electron chi connectivity index (χ0n) is 23.1. The van der Waals surface area contributed by atoms with Crippen LogP contribution in [0.4, 0.5) is 5.69 Å². The summed E-state index contributed by atoms with van der Waals surface area (Å²) in [6, 6.07) is 11.3. The van der Waals surface area contributed by atoms with Crippen molar-refractivity contribution in [3.05, 3.63) is 63.6 Å². The number of halogens is 2. The summed E-state index contributed by atoms with van der Waals surface area (Å²) in [6.07, 6.45) is 3.15. The van der Waals surface area contributed by atoms with Crippen LogP contribution in [-0.2, 0) is 31.6 Å². The molecule has 1 unspecified atom stereocenters. The maximum absolute atomic E-state index is 13.8. The molecule has 0 saturated heterocycles. The molecule has 0 aliphatic carbocycles. The smallest absolute Gasteiger partial charge is 0.244 e. The lowest BCUT2D eigenvalue weighted by Gasteiger charge is -2.33. The number of hydrogen-bond acceptors (Lipinski definition) is 4. The second-order valence-corrected chi connectivity index (χ2v) is 13.1. The highest BCUT2D eigenvalue weighted by molar-refractivity contribution is 7.92. The van der Waals surface area contributed by atoms with Gasteiger partial charge < -0.3 is 10.2 Å². The number of carbonyl (C=O) groups is 2. The van der Waals surface area contributed by atoms with Crippen LogP contribution in [0.25, 0.3) is 0 Å². The van der Waals surface area contributed by atoms with Crippen LogP contribution in [-0.4, -0.2) is 50.5 Å². The van der Waals surface area contributed by atoms with Crippen molar-refractivity contribution in [2.75, 3.05) is 23.7 Å². The molecule has 2 rings (SSSR count). The third-order valence-corrected chi connectivity index (χ3v) is 8.13. The first-order chi connectivity index (χ1) is 17.7. The van der Waals surface area contributed by atoms with E-state index < -0.39 is 28.5 Å². The zero-order valence-corrected chi connectivity index (χ0v) is 25.4. The predicted octanol–water partition coefficient (Wildman–Crippen LogP) is 5.78. The molecule has 0 saturated carbocycles. The fourth-order valence-corrected chi connectivity index (χ4v) is 5.17. The van der Waals surface area contributed by atoms with Crippen LogP contribution in [0.2, 0.25) is 10.0 Å². The molecule has 0 fully saturated rings. The molecule has 1 N–H and O–H groups in total. The quantitative estimate of drug-likeness (QED) is 0.321. The summed E-state index contributed by atoms with van der Waals surface area (Å²) in [5.41, 5.74) is 1.98. The van der Waals surface area contributed by atoms with Crippen molar-refractivity contribution in [3.63, 3.8) is 0 Å². The van der Waals surface area contributed by atoms with E-state index in [-0.39, 0.29) is 17.9 Å². The minimum absolute atomic E-state index is 0.0655.